The Kier molecular flexibility index (Phi) is 6.39. The second kappa shape index (κ2) is 9.57. The predicted octanol–water partition coefficient (Wildman–Crippen LogP) is 3.58. The molecule has 2 heterocycles. The van der Waals surface area contributed by atoms with E-state index in [1.165, 1.54) is 26.4 Å². The minimum absolute atomic E-state index is 0.101. The van der Waals surface area contributed by atoms with Crippen LogP contribution >= 0.6 is 0 Å². The number of fused-ring (bicyclic) bond motifs is 1. The molecule has 0 spiro atoms. The normalized spacial score (nSPS) is 11.6. The van der Waals surface area contributed by atoms with Crippen LogP contribution in [0.25, 0.3) is 11.2 Å². The first kappa shape index (κ1) is 22.7. The molecule has 10 heteroatoms. The van der Waals surface area contributed by atoms with Gasteiger partial charge in [0, 0.05) is 18.3 Å². The largest absolute Gasteiger partial charge is 0.496 e. The summed E-state index contributed by atoms with van der Waals surface area (Å²) < 4.78 is 11.6. The van der Waals surface area contributed by atoms with Gasteiger partial charge in [-0.2, -0.15) is 5.10 Å². The van der Waals surface area contributed by atoms with Crippen molar-refractivity contribution in [2.75, 3.05) is 24.9 Å². The smallest absolute Gasteiger partial charge is 0.341 e. The van der Waals surface area contributed by atoms with E-state index in [0.717, 1.165) is 11.1 Å². The lowest BCUT2D eigenvalue weighted by molar-refractivity contribution is 0.0596. The molecule has 0 fully saturated rings. The number of methoxy groups -OCH3 is 2. The van der Waals surface area contributed by atoms with Crippen molar-refractivity contribution in [3.63, 3.8) is 0 Å². The van der Waals surface area contributed by atoms with E-state index >= 15 is 0 Å². The van der Waals surface area contributed by atoms with Gasteiger partial charge in [-0.15, -0.1) is 0 Å². The van der Waals surface area contributed by atoms with Crippen molar-refractivity contribution in [1.82, 2.24) is 19.7 Å². The molecule has 4 aromatic rings. The van der Waals surface area contributed by atoms with Crippen molar-refractivity contribution < 1.29 is 19.1 Å². The highest BCUT2D eigenvalue weighted by atomic mass is 16.5. The number of anilines is 2. The number of aryl methyl sites for hydroxylation is 1. The minimum atomic E-state index is -0.537. The Morgan fingerprint density at radius 3 is 2.68 bits per heavy atom. The number of hydrogen-bond acceptors (Lipinski definition) is 8. The van der Waals surface area contributed by atoms with Crippen LogP contribution in [0.5, 0.6) is 5.75 Å². The van der Waals surface area contributed by atoms with Crippen molar-refractivity contribution in [2.45, 2.75) is 13.0 Å². The molecule has 4 rings (SSSR count). The van der Waals surface area contributed by atoms with E-state index < -0.39 is 5.97 Å². The lowest BCUT2D eigenvalue weighted by Gasteiger charge is -2.16. The topological polar surface area (TPSA) is 120 Å². The summed E-state index contributed by atoms with van der Waals surface area (Å²) in [4.78, 5) is 33.6. The van der Waals surface area contributed by atoms with Gasteiger partial charge in [-0.25, -0.2) is 19.4 Å². The lowest BCUT2D eigenvalue weighted by atomic mass is 10.1. The van der Waals surface area contributed by atoms with Crippen LogP contribution in [-0.2, 0) is 11.8 Å². The van der Waals surface area contributed by atoms with E-state index in [1.807, 2.05) is 32.2 Å². The summed E-state index contributed by atoms with van der Waals surface area (Å²) in [5.74, 6) is 0.0126. The average Bonchev–Trinajstić information content (AvgIpc) is 3.23. The van der Waals surface area contributed by atoms with Gasteiger partial charge in [0.15, 0.2) is 5.65 Å². The van der Waals surface area contributed by atoms with E-state index in [2.05, 4.69) is 25.7 Å². The molecule has 0 aliphatic heterocycles. The molecule has 174 valence electrons. The van der Waals surface area contributed by atoms with Gasteiger partial charge in [-0.3, -0.25) is 4.79 Å². The average molecular weight is 460 g/mol. The zero-order valence-electron chi connectivity index (χ0n) is 19.2. The Hall–Kier alpha value is -4.47. The van der Waals surface area contributed by atoms with Gasteiger partial charge in [0.1, 0.15) is 22.6 Å². The number of carbonyl (C=O) groups is 2. The van der Waals surface area contributed by atoms with Crippen molar-refractivity contribution in [2.24, 2.45) is 7.05 Å². The third-order valence-electron chi connectivity index (χ3n) is 5.32. The van der Waals surface area contributed by atoms with E-state index in [0.29, 0.717) is 22.7 Å². The second-order valence-electron chi connectivity index (χ2n) is 7.58. The summed E-state index contributed by atoms with van der Waals surface area (Å²) in [7, 11) is 4.53. The molecule has 0 bridgehead atoms. The number of benzene rings is 2. The first-order valence-corrected chi connectivity index (χ1v) is 10.5. The zero-order chi connectivity index (χ0) is 24.2. The first-order chi connectivity index (χ1) is 16.4. The third-order valence-corrected chi connectivity index (χ3v) is 5.32. The molecule has 2 aromatic heterocycles. The fourth-order valence-corrected chi connectivity index (χ4v) is 3.49. The molecule has 34 heavy (non-hydrogen) atoms. The molecule has 2 N–H and O–H groups in total. The maximum absolute atomic E-state index is 12.8. The molecule has 0 aliphatic rings. The highest BCUT2D eigenvalue weighted by Crippen LogP contribution is 2.24. The van der Waals surface area contributed by atoms with Crippen LogP contribution < -0.4 is 15.4 Å². The quantitative estimate of drug-likeness (QED) is 0.402. The highest BCUT2D eigenvalue weighted by Gasteiger charge is 2.16. The first-order valence-electron chi connectivity index (χ1n) is 10.5. The minimum Gasteiger partial charge on any atom is -0.496 e. The monoisotopic (exact) mass is 460 g/mol. The molecule has 10 nitrogen and oxygen atoms in total. The number of rotatable bonds is 7. The van der Waals surface area contributed by atoms with E-state index in [9.17, 15) is 9.59 Å². The number of nitrogens with zero attached hydrogens (tertiary/aromatic N) is 4. The summed E-state index contributed by atoms with van der Waals surface area (Å²) in [6.45, 7) is 1.99. The fraction of sp³-hybridized carbons (Fsp3) is 0.208. The molecule has 1 atom stereocenters. The van der Waals surface area contributed by atoms with Crippen LogP contribution in [-0.4, -0.2) is 45.8 Å². The summed E-state index contributed by atoms with van der Waals surface area (Å²) in [5, 5.41) is 10.4. The van der Waals surface area contributed by atoms with Crippen molar-refractivity contribution >= 4 is 34.5 Å². The Labute approximate surface area is 195 Å². The highest BCUT2D eigenvalue weighted by molar-refractivity contribution is 6.05. The van der Waals surface area contributed by atoms with E-state index in [1.54, 1.807) is 29.2 Å². The Bertz CT molecular complexity index is 1370. The molecular formula is C24H24N6O4. The number of nitrogens with one attached hydrogen (secondary N) is 2. The Morgan fingerprint density at radius 2 is 1.91 bits per heavy atom. The van der Waals surface area contributed by atoms with Crippen molar-refractivity contribution in [3.8, 4) is 5.75 Å². The van der Waals surface area contributed by atoms with Gasteiger partial charge in [-0.05, 0) is 42.8 Å². The SMILES string of the molecule is COC(=O)c1ccc(C(=O)Nc2cccc([C@H](C)Nc3cnc4cnn(C)c4n3)c2)cc1OC. The predicted molar refractivity (Wildman–Crippen MR) is 127 cm³/mol. The molecule has 2 aromatic carbocycles. The standard InChI is InChI=1S/C24H24N6O4/c1-14(27-21-13-25-19-12-26-30(2)22(19)29-21)15-6-5-7-17(10-15)28-23(31)16-8-9-18(24(32)34-4)20(11-16)33-3/h5-14H,1-4H3,(H,27,29)(H,28,31)/t14-/m0/s1. The van der Waals surface area contributed by atoms with E-state index in [4.69, 9.17) is 9.47 Å². The molecule has 0 unspecified atom stereocenters. The molecule has 0 aliphatic carbocycles. The Balaban J connectivity index is 1.49. The van der Waals surface area contributed by atoms with Crippen LogP contribution in [0.2, 0.25) is 0 Å². The summed E-state index contributed by atoms with van der Waals surface area (Å²) >= 11 is 0. The van der Waals surface area contributed by atoms with Crippen molar-refractivity contribution in [1.29, 1.82) is 0 Å². The van der Waals surface area contributed by atoms with Crippen LogP contribution in [0, 0.1) is 0 Å². The van der Waals surface area contributed by atoms with Crippen LogP contribution in [0.4, 0.5) is 11.5 Å². The van der Waals surface area contributed by atoms with Gasteiger partial charge >= 0.3 is 5.97 Å². The number of hydrogen-bond donors (Lipinski definition) is 2. The second-order valence-corrected chi connectivity index (χ2v) is 7.58. The molecular weight excluding hydrogens is 436 g/mol. The zero-order valence-corrected chi connectivity index (χ0v) is 19.2. The van der Waals surface area contributed by atoms with Gasteiger partial charge in [-0.1, -0.05) is 12.1 Å². The van der Waals surface area contributed by atoms with Gasteiger partial charge in [0.2, 0.25) is 0 Å². The third kappa shape index (κ3) is 4.65. The van der Waals surface area contributed by atoms with Crippen LogP contribution in [0.3, 0.4) is 0 Å². The van der Waals surface area contributed by atoms with Crippen LogP contribution in [0.15, 0.2) is 54.9 Å². The van der Waals surface area contributed by atoms with Gasteiger partial charge < -0.3 is 20.1 Å². The summed E-state index contributed by atoms with van der Waals surface area (Å²) in [5.41, 5.74) is 3.58. The fourth-order valence-electron chi connectivity index (χ4n) is 3.49. The molecule has 0 saturated heterocycles. The maximum atomic E-state index is 12.8. The molecule has 0 saturated carbocycles. The molecule has 0 radical (unpaired) electrons. The summed E-state index contributed by atoms with van der Waals surface area (Å²) in [6, 6.07) is 12.0. The van der Waals surface area contributed by atoms with Crippen molar-refractivity contribution in [3.05, 3.63) is 71.5 Å². The van der Waals surface area contributed by atoms with Gasteiger partial charge in [0.05, 0.1) is 32.7 Å². The maximum Gasteiger partial charge on any atom is 0.341 e. The number of amides is 1. The Morgan fingerprint density at radius 1 is 1.09 bits per heavy atom. The summed E-state index contributed by atoms with van der Waals surface area (Å²) in [6.07, 6.45) is 3.33. The number of ether oxygens (including phenoxy) is 2. The number of carbonyl (C=O) groups excluding carboxylic acids is 2. The van der Waals surface area contributed by atoms with E-state index in [-0.39, 0.29) is 23.3 Å². The molecule has 1 amide bonds. The van der Waals surface area contributed by atoms with Gasteiger partial charge in [0.25, 0.3) is 5.91 Å². The number of aromatic nitrogens is 4. The van der Waals surface area contributed by atoms with Crippen LogP contribution in [0.1, 0.15) is 39.2 Å². The lowest BCUT2D eigenvalue weighted by Crippen LogP contribution is -2.14. The number of esters is 1.